The molecule has 0 aliphatic rings. The number of carbonyl (C=O) groups is 1. The molecular formula is C17H22O2S. The van der Waals surface area contributed by atoms with Gasteiger partial charge in [0.25, 0.3) is 0 Å². The molecule has 0 unspecified atom stereocenters. The Morgan fingerprint density at radius 1 is 1.35 bits per heavy atom. The molecule has 0 aliphatic heterocycles. The molecule has 0 heterocycles. The van der Waals surface area contributed by atoms with Crippen LogP contribution < -0.4 is 0 Å². The van der Waals surface area contributed by atoms with Gasteiger partial charge in [0.2, 0.25) is 0 Å². The highest BCUT2D eigenvalue weighted by atomic mass is 32.1. The third kappa shape index (κ3) is 5.25. The van der Waals surface area contributed by atoms with Crippen molar-refractivity contribution < 1.29 is 9.53 Å². The van der Waals surface area contributed by atoms with Gasteiger partial charge in [-0.15, -0.1) is 0 Å². The van der Waals surface area contributed by atoms with Gasteiger partial charge in [0.05, 0.1) is 6.61 Å². The molecule has 108 valence electrons. The van der Waals surface area contributed by atoms with Crippen molar-refractivity contribution in [2.45, 2.75) is 40.5 Å². The molecule has 0 N–H and O–H groups in total. The van der Waals surface area contributed by atoms with Crippen LogP contribution in [0.15, 0.2) is 18.2 Å². The largest absolute Gasteiger partial charge is 0.487 e. The highest BCUT2D eigenvalue weighted by Gasteiger charge is 2.07. The van der Waals surface area contributed by atoms with Crippen LogP contribution in [0, 0.1) is 13.8 Å². The molecule has 0 bridgehead atoms. The van der Waals surface area contributed by atoms with Crippen molar-refractivity contribution in [1.82, 2.24) is 0 Å². The first-order valence-electron chi connectivity index (χ1n) is 6.88. The average molecular weight is 290 g/mol. The summed E-state index contributed by atoms with van der Waals surface area (Å²) in [6, 6.07) is 4.28. The predicted molar refractivity (Wildman–Crippen MR) is 88.2 cm³/mol. The van der Waals surface area contributed by atoms with Gasteiger partial charge in [-0.05, 0) is 69.1 Å². The summed E-state index contributed by atoms with van der Waals surface area (Å²) in [6.07, 6.45) is 5.07. The third-order valence-electron chi connectivity index (χ3n) is 3.01. The second kappa shape index (κ2) is 7.95. The second-order valence-electron chi connectivity index (χ2n) is 4.90. The summed E-state index contributed by atoms with van der Waals surface area (Å²) in [6.45, 7) is 8.25. The van der Waals surface area contributed by atoms with Gasteiger partial charge >= 0.3 is 0 Å². The second-order valence-corrected chi connectivity index (χ2v) is 5.36. The molecule has 2 nitrogen and oxygen atoms in total. The van der Waals surface area contributed by atoms with Crippen LogP contribution in [0.2, 0.25) is 0 Å². The predicted octanol–water partition coefficient (Wildman–Crippen LogP) is 4.20. The molecule has 20 heavy (non-hydrogen) atoms. The fraction of sp³-hybridized carbons (Fsp3) is 0.412. The minimum Gasteiger partial charge on any atom is -0.487 e. The van der Waals surface area contributed by atoms with Crippen LogP contribution in [0.25, 0.3) is 6.08 Å². The molecule has 0 aliphatic carbocycles. The van der Waals surface area contributed by atoms with Gasteiger partial charge in [-0.25, -0.2) is 0 Å². The summed E-state index contributed by atoms with van der Waals surface area (Å²) < 4.78 is 5.32. The summed E-state index contributed by atoms with van der Waals surface area (Å²) >= 11 is 5.17. The number of hydrogen-bond acceptors (Lipinski definition) is 3. The van der Waals surface area contributed by atoms with Gasteiger partial charge in [0.1, 0.15) is 0 Å². The molecule has 0 fully saturated rings. The van der Waals surface area contributed by atoms with E-state index >= 15 is 0 Å². The minimum absolute atomic E-state index is 0.0563. The Balaban J connectivity index is 2.97. The molecule has 0 radical (unpaired) electrons. The number of hydrogen-bond donors (Lipinski definition) is 0. The summed E-state index contributed by atoms with van der Waals surface area (Å²) in [5.74, 6) is 0.0563. The zero-order chi connectivity index (χ0) is 15.1. The smallest absolute Gasteiger partial charge is 0.159 e. The van der Waals surface area contributed by atoms with Crippen molar-refractivity contribution in [3.05, 3.63) is 40.5 Å². The summed E-state index contributed by atoms with van der Waals surface area (Å²) in [7, 11) is 0. The van der Waals surface area contributed by atoms with E-state index in [1.54, 1.807) is 13.0 Å². The lowest BCUT2D eigenvalue weighted by molar-refractivity contribution is -0.112. The van der Waals surface area contributed by atoms with Crippen LogP contribution in [-0.2, 0) is 16.0 Å². The van der Waals surface area contributed by atoms with Crippen LogP contribution in [0.5, 0.6) is 0 Å². The van der Waals surface area contributed by atoms with E-state index in [0.717, 1.165) is 18.4 Å². The van der Waals surface area contributed by atoms with Gasteiger partial charge in [0.15, 0.2) is 10.8 Å². The molecule has 0 spiro atoms. The lowest BCUT2D eigenvalue weighted by Crippen LogP contribution is -2.04. The number of carbonyl (C=O) groups excluding carboxylic acids is 1. The monoisotopic (exact) mass is 290 g/mol. The summed E-state index contributed by atoms with van der Waals surface area (Å²) in [5, 5.41) is 0.646. The van der Waals surface area contributed by atoms with Crippen molar-refractivity contribution in [1.29, 1.82) is 0 Å². The number of benzene rings is 1. The summed E-state index contributed by atoms with van der Waals surface area (Å²) in [5.41, 5.74) is 4.73. The molecule has 1 rings (SSSR count). The van der Waals surface area contributed by atoms with Crippen LogP contribution in [0.4, 0.5) is 0 Å². The van der Waals surface area contributed by atoms with E-state index in [4.69, 9.17) is 17.0 Å². The minimum atomic E-state index is 0.0563. The molecule has 1 aromatic rings. The van der Waals surface area contributed by atoms with Crippen molar-refractivity contribution in [3.63, 3.8) is 0 Å². The van der Waals surface area contributed by atoms with E-state index in [9.17, 15) is 4.79 Å². The number of aryl methyl sites for hydroxylation is 3. The number of thiocarbonyl (C=S) groups is 1. The first-order chi connectivity index (χ1) is 9.43. The Labute approximate surface area is 126 Å². The average Bonchev–Trinajstić information content (AvgIpc) is 2.35. The molecule has 0 aromatic heterocycles. The van der Waals surface area contributed by atoms with E-state index in [0.29, 0.717) is 11.7 Å². The van der Waals surface area contributed by atoms with E-state index < -0.39 is 0 Å². The van der Waals surface area contributed by atoms with Crippen molar-refractivity contribution in [2.75, 3.05) is 6.61 Å². The van der Waals surface area contributed by atoms with Crippen LogP contribution in [0.1, 0.15) is 42.5 Å². The number of rotatable bonds is 6. The fourth-order valence-corrected chi connectivity index (χ4v) is 2.40. The van der Waals surface area contributed by atoms with E-state index in [-0.39, 0.29) is 5.78 Å². The normalized spacial score (nSPS) is 10.8. The zero-order valence-electron chi connectivity index (χ0n) is 12.7. The van der Waals surface area contributed by atoms with Gasteiger partial charge in [-0.2, -0.15) is 0 Å². The highest BCUT2D eigenvalue weighted by molar-refractivity contribution is 7.80. The van der Waals surface area contributed by atoms with Crippen molar-refractivity contribution in [2.24, 2.45) is 0 Å². The maximum atomic E-state index is 11.1. The third-order valence-corrected chi connectivity index (χ3v) is 3.33. The van der Waals surface area contributed by atoms with E-state index in [1.165, 1.54) is 16.7 Å². The lowest BCUT2D eigenvalue weighted by Gasteiger charge is -2.12. The number of allylic oxidation sites excluding steroid dienone is 1. The van der Waals surface area contributed by atoms with E-state index in [2.05, 4.69) is 26.0 Å². The number of ketones is 1. The Hall–Kier alpha value is -1.48. The Morgan fingerprint density at radius 2 is 2.05 bits per heavy atom. The Kier molecular flexibility index (Phi) is 6.59. The zero-order valence-corrected chi connectivity index (χ0v) is 13.5. The number of ether oxygens (including phenoxy) is 1. The quantitative estimate of drug-likeness (QED) is 0.580. The highest BCUT2D eigenvalue weighted by Crippen LogP contribution is 2.20. The standard InChI is InChI=1S/C17H22O2S/c1-5-19-17(20)9-7-15-11-12(2)10-13(3)16(15)8-6-14(4)18/h6,8,10-11H,5,7,9H2,1-4H3. The fourth-order valence-electron chi connectivity index (χ4n) is 2.18. The van der Waals surface area contributed by atoms with Gasteiger partial charge < -0.3 is 4.74 Å². The topological polar surface area (TPSA) is 26.3 Å². The first-order valence-corrected chi connectivity index (χ1v) is 7.29. The molecule has 0 amide bonds. The molecule has 0 saturated heterocycles. The molecule has 3 heteroatoms. The van der Waals surface area contributed by atoms with Gasteiger partial charge in [-0.1, -0.05) is 23.8 Å². The van der Waals surface area contributed by atoms with Gasteiger partial charge in [-0.3, -0.25) is 4.79 Å². The van der Waals surface area contributed by atoms with Crippen LogP contribution in [0.3, 0.4) is 0 Å². The van der Waals surface area contributed by atoms with Crippen molar-refractivity contribution >= 4 is 29.1 Å². The molecule has 0 saturated carbocycles. The first kappa shape index (κ1) is 16.6. The van der Waals surface area contributed by atoms with E-state index in [1.807, 2.05) is 13.0 Å². The summed E-state index contributed by atoms with van der Waals surface area (Å²) in [4.78, 5) is 11.1. The maximum Gasteiger partial charge on any atom is 0.159 e. The van der Waals surface area contributed by atoms with Crippen molar-refractivity contribution in [3.8, 4) is 0 Å². The Morgan fingerprint density at radius 3 is 2.65 bits per heavy atom. The molecular weight excluding hydrogens is 268 g/mol. The SMILES string of the molecule is CCOC(=S)CCc1cc(C)cc(C)c1C=CC(C)=O. The lowest BCUT2D eigenvalue weighted by atomic mass is 9.95. The molecule has 1 aromatic carbocycles. The van der Waals surface area contributed by atoms with Crippen LogP contribution >= 0.6 is 12.2 Å². The molecule has 0 atom stereocenters. The Bertz CT molecular complexity index is 530. The maximum absolute atomic E-state index is 11.1. The van der Waals surface area contributed by atoms with Gasteiger partial charge in [0, 0.05) is 6.42 Å². The van der Waals surface area contributed by atoms with Crippen LogP contribution in [-0.4, -0.2) is 17.4 Å².